The van der Waals surface area contributed by atoms with Gasteiger partial charge in [0.15, 0.2) is 0 Å². The molecule has 1 aromatic carbocycles. The Morgan fingerprint density at radius 2 is 1.82 bits per heavy atom. The topological polar surface area (TPSA) is 29.3 Å². The molecule has 1 atom stereocenters. The molecule has 0 bridgehead atoms. The summed E-state index contributed by atoms with van der Waals surface area (Å²) < 4.78 is 0. The van der Waals surface area contributed by atoms with Crippen LogP contribution in [0.1, 0.15) is 32.8 Å². The van der Waals surface area contributed by atoms with Gasteiger partial charge in [0.05, 0.1) is 5.54 Å². The summed E-state index contributed by atoms with van der Waals surface area (Å²) >= 11 is 0. The molecule has 1 aromatic rings. The fraction of sp³-hybridized carbons (Fsp3) is 0.600. The van der Waals surface area contributed by atoms with Gasteiger partial charge < -0.3 is 10.6 Å². The van der Waals surface area contributed by atoms with E-state index in [9.17, 15) is 0 Å². The van der Waals surface area contributed by atoms with Crippen molar-refractivity contribution in [3.8, 4) is 0 Å². The van der Waals surface area contributed by atoms with E-state index in [2.05, 4.69) is 57.0 Å². The summed E-state index contributed by atoms with van der Waals surface area (Å²) in [6.45, 7) is 8.62. The first-order chi connectivity index (χ1) is 7.92. The van der Waals surface area contributed by atoms with E-state index in [1.54, 1.807) is 0 Å². The third kappa shape index (κ3) is 4.88. The summed E-state index contributed by atoms with van der Waals surface area (Å²) in [7, 11) is 2.15. The van der Waals surface area contributed by atoms with Gasteiger partial charge in [-0.25, -0.2) is 0 Å². The quantitative estimate of drug-likeness (QED) is 0.820. The lowest BCUT2D eigenvalue weighted by atomic mass is 9.92. The summed E-state index contributed by atoms with van der Waals surface area (Å²) in [6, 6.07) is 10.3. The Balaban J connectivity index is 2.54. The number of nitrogens with zero attached hydrogens (tertiary/aromatic N) is 1. The maximum absolute atomic E-state index is 6.40. The Morgan fingerprint density at radius 3 is 2.35 bits per heavy atom. The summed E-state index contributed by atoms with van der Waals surface area (Å²) in [5.41, 5.74) is 7.34. The number of hydrogen-bond acceptors (Lipinski definition) is 2. The molecule has 2 heteroatoms. The molecule has 0 spiro atoms. The molecule has 0 aromatic heterocycles. The van der Waals surface area contributed by atoms with Crippen molar-refractivity contribution in [2.45, 2.75) is 32.7 Å². The zero-order valence-electron chi connectivity index (χ0n) is 11.6. The molecule has 0 heterocycles. The number of nitrogens with two attached hydrogens (primary N) is 1. The first-order valence-electron chi connectivity index (χ1n) is 6.45. The van der Waals surface area contributed by atoms with Gasteiger partial charge in [0.25, 0.3) is 0 Å². The standard InChI is InChI=1S/C15H26N2/c1-13(2)10-11-17(4)12-15(3,16)14-8-6-5-7-9-14/h5-9,13H,10-12,16H2,1-4H3. The van der Waals surface area contributed by atoms with Crippen LogP contribution in [0.2, 0.25) is 0 Å². The van der Waals surface area contributed by atoms with Gasteiger partial charge >= 0.3 is 0 Å². The van der Waals surface area contributed by atoms with Crippen LogP contribution in [0.25, 0.3) is 0 Å². The largest absolute Gasteiger partial charge is 0.321 e. The van der Waals surface area contributed by atoms with Crippen LogP contribution in [-0.4, -0.2) is 25.0 Å². The van der Waals surface area contributed by atoms with Gasteiger partial charge in [-0.05, 0) is 38.4 Å². The first kappa shape index (κ1) is 14.2. The molecule has 0 radical (unpaired) electrons. The van der Waals surface area contributed by atoms with Crippen molar-refractivity contribution in [2.24, 2.45) is 11.7 Å². The van der Waals surface area contributed by atoms with E-state index in [1.165, 1.54) is 12.0 Å². The molecule has 2 N–H and O–H groups in total. The van der Waals surface area contributed by atoms with Crippen molar-refractivity contribution in [3.05, 3.63) is 35.9 Å². The molecule has 0 fully saturated rings. The van der Waals surface area contributed by atoms with Crippen molar-refractivity contribution in [1.29, 1.82) is 0 Å². The minimum atomic E-state index is -0.271. The molecule has 2 nitrogen and oxygen atoms in total. The van der Waals surface area contributed by atoms with E-state index in [-0.39, 0.29) is 5.54 Å². The molecule has 1 unspecified atom stereocenters. The molecule has 0 saturated heterocycles. The van der Waals surface area contributed by atoms with Crippen LogP contribution >= 0.6 is 0 Å². The third-order valence-electron chi connectivity index (χ3n) is 3.12. The summed E-state index contributed by atoms with van der Waals surface area (Å²) in [5.74, 6) is 0.748. The van der Waals surface area contributed by atoms with Crippen molar-refractivity contribution in [1.82, 2.24) is 4.90 Å². The molecule has 96 valence electrons. The summed E-state index contributed by atoms with van der Waals surface area (Å²) in [6.07, 6.45) is 1.22. The smallest absolute Gasteiger partial charge is 0.0509 e. The van der Waals surface area contributed by atoms with Gasteiger partial charge in [-0.1, -0.05) is 44.2 Å². The molecule has 0 aliphatic heterocycles. The number of rotatable bonds is 6. The number of hydrogen-bond donors (Lipinski definition) is 1. The van der Waals surface area contributed by atoms with Gasteiger partial charge in [0.2, 0.25) is 0 Å². The van der Waals surface area contributed by atoms with Gasteiger partial charge in [0, 0.05) is 6.54 Å². The molecule has 0 aliphatic carbocycles. The van der Waals surface area contributed by atoms with E-state index >= 15 is 0 Å². The highest BCUT2D eigenvalue weighted by Crippen LogP contribution is 2.18. The second-order valence-electron chi connectivity index (χ2n) is 5.70. The zero-order valence-corrected chi connectivity index (χ0v) is 11.6. The SMILES string of the molecule is CC(C)CCN(C)CC(C)(N)c1ccccc1. The Morgan fingerprint density at radius 1 is 1.24 bits per heavy atom. The Labute approximate surface area is 106 Å². The second-order valence-corrected chi connectivity index (χ2v) is 5.70. The van der Waals surface area contributed by atoms with Crippen molar-refractivity contribution < 1.29 is 0 Å². The lowest BCUT2D eigenvalue weighted by Gasteiger charge is -2.31. The second kappa shape index (κ2) is 6.18. The molecule has 17 heavy (non-hydrogen) atoms. The van der Waals surface area contributed by atoms with E-state index in [0.717, 1.165) is 19.0 Å². The van der Waals surface area contributed by atoms with Gasteiger partial charge in [-0.2, -0.15) is 0 Å². The minimum absolute atomic E-state index is 0.271. The highest BCUT2D eigenvalue weighted by Gasteiger charge is 2.22. The van der Waals surface area contributed by atoms with Crippen LogP contribution in [0.15, 0.2) is 30.3 Å². The highest BCUT2D eigenvalue weighted by molar-refractivity contribution is 5.23. The van der Waals surface area contributed by atoms with Gasteiger partial charge in [0.1, 0.15) is 0 Å². The monoisotopic (exact) mass is 234 g/mol. The molecule has 0 aliphatic rings. The van der Waals surface area contributed by atoms with Crippen LogP contribution in [0, 0.1) is 5.92 Å². The van der Waals surface area contributed by atoms with Gasteiger partial charge in [-0.15, -0.1) is 0 Å². The lowest BCUT2D eigenvalue weighted by molar-refractivity contribution is 0.247. The van der Waals surface area contributed by atoms with E-state index in [0.29, 0.717) is 0 Å². The first-order valence-corrected chi connectivity index (χ1v) is 6.45. The van der Waals surface area contributed by atoms with Crippen LogP contribution < -0.4 is 5.73 Å². The maximum Gasteiger partial charge on any atom is 0.0509 e. The fourth-order valence-electron chi connectivity index (χ4n) is 2.03. The van der Waals surface area contributed by atoms with Crippen LogP contribution in [0.5, 0.6) is 0 Å². The fourth-order valence-corrected chi connectivity index (χ4v) is 2.03. The Kier molecular flexibility index (Phi) is 5.16. The maximum atomic E-state index is 6.40. The van der Waals surface area contributed by atoms with E-state index < -0.39 is 0 Å². The minimum Gasteiger partial charge on any atom is -0.321 e. The third-order valence-corrected chi connectivity index (χ3v) is 3.12. The lowest BCUT2D eigenvalue weighted by Crippen LogP contribution is -2.44. The predicted molar refractivity (Wildman–Crippen MR) is 74.9 cm³/mol. The van der Waals surface area contributed by atoms with Crippen LogP contribution in [0.4, 0.5) is 0 Å². The molecular formula is C15H26N2. The molecule has 0 saturated carbocycles. The Hall–Kier alpha value is -0.860. The van der Waals surface area contributed by atoms with Crippen molar-refractivity contribution in [3.63, 3.8) is 0 Å². The molecule has 1 rings (SSSR count). The van der Waals surface area contributed by atoms with Gasteiger partial charge in [-0.3, -0.25) is 0 Å². The zero-order chi connectivity index (χ0) is 12.9. The number of benzene rings is 1. The van der Waals surface area contributed by atoms with Crippen LogP contribution in [0.3, 0.4) is 0 Å². The normalized spacial score (nSPS) is 15.2. The predicted octanol–water partition coefficient (Wildman–Crippen LogP) is 2.84. The highest BCUT2D eigenvalue weighted by atomic mass is 15.1. The molecule has 0 amide bonds. The van der Waals surface area contributed by atoms with E-state index in [4.69, 9.17) is 5.73 Å². The van der Waals surface area contributed by atoms with Crippen LogP contribution in [-0.2, 0) is 5.54 Å². The summed E-state index contributed by atoms with van der Waals surface area (Å²) in [5, 5.41) is 0. The average molecular weight is 234 g/mol. The van der Waals surface area contributed by atoms with E-state index in [1.807, 2.05) is 6.07 Å². The molecular weight excluding hydrogens is 208 g/mol. The van der Waals surface area contributed by atoms with Crippen molar-refractivity contribution >= 4 is 0 Å². The Bertz CT molecular complexity index is 317. The van der Waals surface area contributed by atoms with Crippen molar-refractivity contribution in [2.75, 3.05) is 20.1 Å². The summed E-state index contributed by atoms with van der Waals surface area (Å²) in [4.78, 5) is 2.33. The number of likely N-dealkylation sites (N-methyl/N-ethyl adjacent to an activating group) is 1. The average Bonchev–Trinajstić information content (AvgIpc) is 2.27.